The molecule has 15 heavy (non-hydrogen) atoms. The number of fused-ring (bicyclic) bond motifs is 1. The molecule has 3 heteroatoms. The minimum atomic E-state index is 0.304. The van der Waals surface area contributed by atoms with Crippen molar-refractivity contribution in [2.24, 2.45) is 0 Å². The van der Waals surface area contributed by atoms with Gasteiger partial charge in [0.25, 0.3) is 0 Å². The van der Waals surface area contributed by atoms with Crippen LogP contribution in [0.5, 0.6) is 11.5 Å². The molecule has 0 unspecified atom stereocenters. The minimum absolute atomic E-state index is 0.304. The first-order chi connectivity index (χ1) is 7.35. The third kappa shape index (κ3) is 1.91. The van der Waals surface area contributed by atoms with Gasteiger partial charge in [0.2, 0.25) is 6.79 Å². The molecular formula is C12H14O3. The van der Waals surface area contributed by atoms with E-state index in [0.717, 1.165) is 22.8 Å². The predicted molar refractivity (Wildman–Crippen MR) is 57.8 cm³/mol. The molecule has 2 rings (SSSR count). The zero-order chi connectivity index (χ0) is 10.7. The van der Waals surface area contributed by atoms with Crippen LogP contribution in [0.3, 0.4) is 0 Å². The molecule has 0 atom stereocenters. The average Bonchev–Trinajstić information content (AvgIpc) is 2.72. The van der Waals surface area contributed by atoms with E-state index >= 15 is 0 Å². The lowest BCUT2D eigenvalue weighted by atomic mass is 10.1. The van der Waals surface area contributed by atoms with Gasteiger partial charge in [-0.2, -0.15) is 0 Å². The Hall–Kier alpha value is -1.64. The fourth-order valence-electron chi connectivity index (χ4n) is 1.54. The summed E-state index contributed by atoms with van der Waals surface area (Å²) >= 11 is 0. The largest absolute Gasteiger partial charge is 0.494 e. The van der Waals surface area contributed by atoms with E-state index in [1.165, 1.54) is 0 Å². The van der Waals surface area contributed by atoms with E-state index in [9.17, 15) is 0 Å². The summed E-state index contributed by atoms with van der Waals surface area (Å²) in [6.07, 6.45) is 1.95. The second-order valence-corrected chi connectivity index (χ2v) is 3.15. The molecule has 3 nitrogen and oxygen atoms in total. The molecule has 0 aromatic heterocycles. The van der Waals surface area contributed by atoms with Gasteiger partial charge in [-0.3, -0.25) is 0 Å². The molecule has 1 heterocycles. The summed E-state index contributed by atoms with van der Waals surface area (Å²) in [5.74, 6) is 2.45. The molecule has 1 aliphatic heterocycles. The second-order valence-electron chi connectivity index (χ2n) is 3.15. The highest BCUT2D eigenvalue weighted by molar-refractivity contribution is 5.63. The standard InChI is InChI=1S/C12H14O3/c1-3-10(13-4-2)9-5-6-11-12(7-9)15-8-14-11/h3,5-7H,4,8H2,1-2H3. The molecule has 1 aliphatic rings. The van der Waals surface area contributed by atoms with Crippen LogP contribution in [0.4, 0.5) is 0 Å². The molecule has 0 radical (unpaired) electrons. The molecule has 0 saturated carbocycles. The van der Waals surface area contributed by atoms with Crippen molar-refractivity contribution in [2.75, 3.05) is 13.4 Å². The lowest BCUT2D eigenvalue weighted by molar-refractivity contribution is 0.174. The summed E-state index contributed by atoms with van der Waals surface area (Å²) in [5.41, 5.74) is 1.02. The van der Waals surface area contributed by atoms with Gasteiger partial charge in [-0.15, -0.1) is 0 Å². The number of benzene rings is 1. The van der Waals surface area contributed by atoms with Crippen molar-refractivity contribution in [1.82, 2.24) is 0 Å². The molecule has 0 saturated heterocycles. The van der Waals surface area contributed by atoms with Gasteiger partial charge in [0.15, 0.2) is 11.5 Å². The van der Waals surface area contributed by atoms with Gasteiger partial charge in [-0.05, 0) is 38.1 Å². The predicted octanol–water partition coefficient (Wildman–Crippen LogP) is 2.81. The summed E-state index contributed by atoms with van der Waals surface area (Å²) in [7, 11) is 0. The first-order valence-electron chi connectivity index (χ1n) is 5.04. The SMILES string of the molecule is CC=C(OCC)c1ccc2c(c1)OCO2. The van der Waals surface area contributed by atoms with Gasteiger partial charge < -0.3 is 14.2 Å². The van der Waals surface area contributed by atoms with Gasteiger partial charge in [-0.25, -0.2) is 0 Å². The molecule has 1 aromatic carbocycles. The molecule has 0 fully saturated rings. The molecule has 0 N–H and O–H groups in total. The quantitative estimate of drug-likeness (QED) is 0.712. The number of allylic oxidation sites excluding steroid dienone is 1. The lowest BCUT2D eigenvalue weighted by Crippen LogP contribution is -1.93. The average molecular weight is 206 g/mol. The van der Waals surface area contributed by atoms with Crippen LogP contribution in [0, 0.1) is 0 Å². The van der Waals surface area contributed by atoms with E-state index in [-0.39, 0.29) is 0 Å². The van der Waals surface area contributed by atoms with Gasteiger partial charge in [0.1, 0.15) is 5.76 Å². The Morgan fingerprint density at radius 1 is 1.40 bits per heavy atom. The maximum Gasteiger partial charge on any atom is 0.231 e. The van der Waals surface area contributed by atoms with Crippen molar-refractivity contribution in [1.29, 1.82) is 0 Å². The van der Waals surface area contributed by atoms with Crippen LogP contribution in [0.25, 0.3) is 5.76 Å². The normalized spacial score (nSPS) is 14.1. The van der Waals surface area contributed by atoms with Crippen molar-refractivity contribution in [3.05, 3.63) is 29.8 Å². The van der Waals surface area contributed by atoms with Crippen LogP contribution < -0.4 is 9.47 Å². The molecule has 80 valence electrons. The van der Waals surface area contributed by atoms with Crippen LogP contribution in [0.15, 0.2) is 24.3 Å². The Labute approximate surface area is 89.3 Å². The Kier molecular flexibility index (Phi) is 2.81. The summed E-state index contributed by atoms with van der Waals surface area (Å²) in [5, 5.41) is 0. The van der Waals surface area contributed by atoms with E-state index in [1.54, 1.807) is 0 Å². The van der Waals surface area contributed by atoms with Crippen molar-refractivity contribution >= 4 is 5.76 Å². The van der Waals surface area contributed by atoms with E-state index in [4.69, 9.17) is 14.2 Å². The van der Waals surface area contributed by atoms with E-state index in [2.05, 4.69) is 0 Å². The zero-order valence-corrected chi connectivity index (χ0v) is 8.95. The Balaban J connectivity index is 2.29. The maximum absolute atomic E-state index is 5.50. The zero-order valence-electron chi connectivity index (χ0n) is 8.95. The lowest BCUT2D eigenvalue weighted by Gasteiger charge is -2.08. The smallest absolute Gasteiger partial charge is 0.231 e. The summed E-state index contributed by atoms with van der Waals surface area (Å²) in [6, 6.07) is 5.81. The number of rotatable bonds is 3. The monoisotopic (exact) mass is 206 g/mol. The number of ether oxygens (including phenoxy) is 3. The van der Waals surface area contributed by atoms with Gasteiger partial charge in [-0.1, -0.05) is 0 Å². The third-order valence-electron chi connectivity index (χ3n) is 2.22. The Morgan fingerprint density at radius 2 is 2.20 bits per heavy atom. The van der Waals surface area contributed by atoms with Gasteiger partial charge in [0.05, 0.1) is 6.61 Å². The minimum Gasteiger partial charge on any atom is -0.494 e. The highest BCUT2D eigenvalue weighted by Gasteiger charge is 2.14. The van der Waals surface area contributed by atoms with E-state index < -0.39 is 0 Å². The van der Waals surface area contributed by atoms with Crippen LogP contribution in [-0.2, 0) is 4.74 Å². The number of hydrogen-bond acceptors (Lipinski definition) is 3. The summed E-state index contributed by atoms with van der Waals surface area (Å²) < 4.78 is 16.1. The Morgan fingerprint density at radius 3 is 2.93 bits per heavy atom. The summed E-state index contributed by atoms with van der Waals surface area (Å²) in [6.45, 7) is 4.89. The molecular weight excluding hydrogens is 192 g/mol. The van der Waals surface area contributed by atoms with Crippen molar-refractivity contribution in [3.8, 4) is 11.5 Å². The number of hydrogen-bond donors (Lipinski definition) is 0. The third-order valence-corrected chi connectivity index (χ3v) is 2.22. The van der Waals surface area contributed by atoms with Gasteiger partial charge in [0, 0.05) is 5.56 Å². The topological polar surface area (TPSA) is 27.7 Å². The van der Waals surface area contributed by atoms with E-state index in [1.807, 2.05) is 38.1 Å². The molecule has 1 aromatic rings. The first kappa shape index (κ1) is 9.90. The van der Waals surface area contributed by atoms with Crippen molar-refractivity contribution in [2.45, 2.75) is 13.8 Å². The molecule has 0 spiro atoms. The Bertz CT molecular complexity index is 382. The molecule has 0 amide bonds. The van der Waals surface area contributed by atoms with Crippen molar-refractivity contribution < 1.29 is 14.2 Å². The fraction of sp³-hybridized carbons (Fsp3) is 0.333. The van der Waals surface area contributed by atoms with Crippen LogP contribution in [0.2, 0.25) is 0 Å². The maximum atomic E-state index is 5.50. The van der Waals surface area contributed by atoms with Crippen LogP contribution >= 0.6 is 0 Å². The summed E-state index contributed by atoms with van der Waals surface area (Å²) in [4.78, 5) is 0. The van der Waals surface area contributed by atoms with Crippen molar-refractivity contribution in [3.63, 3.8) is 0 Å². The van der Waals surface area contributed by atoms with Crippen LogP contribution in [-0.4, -0.2) is 13.4 Å². The second kappa shape index (κ2) is 4.26. The fourth-order valence-corrected chi connectivity index (χ4v) is 1.54. The highest BCUT2D eigenvalue weighted by atomic mass is 16.7. The van der Waals surface area contributed by atoms with Crippen LogP contribution in [0.1, 0.15) is 19.4 Å². The first-order valence-corrected chi connectivity index (χ1v) is 5.04. The van der Waals surface area contributed by atoms with E-state index in [0.29, 0.717) is 13.4 Å². The molecule has 0 aliphatic carbocycles. The molecule has 0 bridgehead atoms. The van der Waals surface area contributed by atoms with Gasteiger partial charge >= 0.3 is 0 Å². The highest BCUT2D eigenvalue weighted by Crippen LogP contribution is 2.34.